The summed E-state index contributed by atoms with van der Waals surface area (Å²) in [6.45, 7) is 6.69. The van der Waals surface area contributed by atoms with Gasteiger partial charge in [0.15, 0.2) is 0 Å². The lowest BCUT2D eigenvalue weighted by molar-refractivity contribution is -0.146. The van der Waals surface area contributed by atoms with Crippen LogP contribution in [0.2, 0.25) is 0 Å². The molecule has 1 aliphatic heterocycles. The van der Waals surface area contributed by atoms with Crippen molar-refractivity contribution < 1.29 is 14.3 Å². The van der Waals surface area contributed by atoms with E-state index in [4.69, 9.17) is 4.74 Å². The van der Waals surface area contributed by atoms with E-state index in [1.54, 1.807) is 17.9 Å². The molecule has 3 atom stereocenters. The second-order valence-electron chi connectivity index (χ2n) is 5.96. The molecule has 124 valence electrons. The van der Waals surface area contributed by atoms with E-state index in [1.165, 1.54) is 6.08 Å². The monoisotopic (exact) mass is 316 g/mol. The van der Waals surface area contributed by atoms with Crippen molar-refractivity contribution in [3.8, 4) is 0 Å². The Balaban J connectivity index is 1.90. The van der Waals surface area contributed by atoms with Gasteiger partial charge in [-0.25, -0.2) is 0 Å². The Morgan fingerprint density at radius 3 is 2.70 bits per heavy atom. The van der Waals surface area contributed by atoms with Gasteiger partial charge < -0.3 is 15.0 Å². The van der Waals surface area contributed by atoms with Crippen molar-refractivity contribution in [1.82, 2.24) is 10.2 Å². The van der Waals surface area contributed by atoms with Crippen LogP contribution in [0.1, 0.15) is 26.3 Å². The minimum absolute atomic E-state index is 0.0241. The van der Waals surface area contributed by atoms with Gasteiger partial charge in [-0.05, 0) is 32.4 Å². The van der Waals surface area contributed by atoms with Crippen molar-refractivity contribution in [2.24, 2.45) is 0 Å². The highest BCUT2D eigenvalue weighted by atomic mass is 16.5. The number of morpholine rings is 1. The van der Waals surface area contributed by atoms with Gasteiger partial charge in [0, 0.05) is 12.6 Å². The lowest BCUT2D eigenvalue weighted by Gasteiger charge is -2.38. The highest BCUT2D eigenvalue weighted by Gasteiger charge is 2.30. The fourth-order valence-electron chi connectivity index (χ4n) is 2.52. The molecule has 1 saturated heterocycles. The second-order valence-corrected chi connectivity index (χ2v) is 5.96. The van der Waals surface area contributed by atoms with E-state index in [9.17, 15) is 9.59 Å². The van der Waals surface area contributed by atoms with Gasteiger partial charge in [-0.15, -0.1) is 0 Å². The fraction of sp³-hybridized carbons (Fsp3) is 0.444. The Hall–Kier alpha value is -2.14. The van der Waals surface area contributed by atoms with Gasteiger partial charge in [-0.2, -0.15) is 0 Å². The fourth-order valence-corrected chi connectivity index (χ4v) is 2.52. The molecule has 1 fully saturated rings. The molecule has 1 N–H and O–H groups in total. The zero-order valence-electron chi connectivity index (χ0n) is 13.9. The van der Waals surface area contributed by atoms with Gasteiger partial charge >= 0.3 is 0 Å². The summed E-state index contributed by atoms with van der Waals surface area (Å²) in [4.78, 5) is 26.2. The average Bonchev–Trinajstić information content (AvgIpc) is 2.55. The van der Waals surface area contributed by atoms with Crippen LogP contribution in [0.4, 0.5) is 0 Å². The molecule has 2 rings (SSSR count). The number of carbonyl (C=O) groups excluding carboxylic acids is 2. The lowest BCUT2D eigenvalue weighted by atomic mass is 10.1. The number of nitrogens with one attached hydrogen (secondary N) is 1. The van der Waals surface area contributed by atoms with Gasteiger partial charge in [0.05, 0.1) is 18.8 Å². The van der Waals surface area contributed by atoms with E-state index in [1.807, 2.05) is 44.2 Å². The topological polar surface area (TPSA) is 58.6 Å². The summed E-state index contributed by atoms with van der Waals surface area (Å²) < 4.78 is 5.53. The van der Waals surface area contributed by atoms with Gasteiger partial charge in [-0.3, -0.25) is 9.59 Å². The molecule has 0 aliphatic carbocycles. The quantitative estimate of drug-likeness (QED) is 0.862. The maximum absolute atomic E-state index is 12.5. The van der Waals surface area contributed by atoms with Gasteiger partial charge in [-0.1, -0.05) is 30.3 Å². The van der Waals surface area contributed by atoms with Gasteiger partial charge in [0.25, 0.3) is 0 Å². The highest BCUT2D eigenvalue weighted by Crippen LogP contribution is 2.12. The lowest BCUT2D eigenvalue weighted by Crippen LogP contribution is -2.55. The van der Waals surface area contributed by atoms with Crippen molar-refractivity contribution in [2.75, 3.05) is 13.2 Å². The molecule has 5 nitrogen and oxygen atoms in total. The van der Waals surface area contributed by atoms with Crippen molar-refractivity contribution in [1.29, 1.82) is 0 Å². The minimum atomic E-state index is -0.560. The summed E-state index contributed by atoms with van der Waals surface area (Å²) in [7, 11) is 0. The molecule has 0 unspecified atom stereocenters. The molecular weight excluding hydrogens is 292 g/mol. The van der Waals surface area contributed by atoms with Crippen LogP contribution < -0.4 is 5.32 Å². The highest BCUT2D eigenvalue weighted by molar-refractivity contribution is 5.95. The first-order valence-corrected chi connectivity index (χ1v) is 7.93. The second kappa shape index (κ2) is 7.92. The maximum atomic E-state index is 12.5. The van der Waals surface area contributed by atoms with E-state index >= 15 is 0 Å². The molecule has 0 saturated carbocycles. The average molecular weight is 316 g/mol. The van der Waals surface area contributed by atoms with Crippen molar-refractivity contribution in [3.63, 3.8) is 0 Å². The molecule has 1 heterocycles. The largest absolute Gasteiger partial charge is 0.375 e. The summed E-state index contributed by atoms with van der Waals surface area (Å²) >= 11 is 0. The number of nitrogens with zero attached hydrogens (tertiary/aromatic N) is 1. The number of amides is 2. The molecule has 0 aromatic heterocycles. The third kappa shape index (κ3) is 4.93. The van der Waals surface area contributed by atoms with Crippen LogP contribution in [-0.2, 0) is 14.3 Å². The number of carbonyl (C=O) groups is 2. The Labute approximate surface area is 137 Å². The summed E-state index contributed by atoms with van der Waals surface area (Å²) in [5.41, 5.74) is 0.942. The number of hydrogen-bond acceptors (Lipinski definition) is 3. The Morgan fingerprint density at radius 1 is 1.30 bits per heavy atom. The van der Waals surface area contributed by atoms with Crippen LogP contribution in [0.3, 0.4) is 0 Å². The maximum Gasteiger partial charge on any atom is 0.245 e. The standard InChI is InChI=1S/C18H24N2O3/c1-13-12-23-14(2)11-20(13)18(22)15(3)19-17(21)10-9-16-7-5-4-6-8-16/h4-10,13-15H,11-12H2,1-3H3,(H,19,21)/b10-9-/t13-,14-,15+/m1/s1. The Kier molecular flexibility index (Phi) is 5.93. The number of rotatable bonds is 4. The van der Waals surface area contributed by atoms with Crippen LogP contribution in [0.5, 0.6) is 0 Å². The Bertz CT molecular complexity index is 571. The van der Waals surface area contributed by atoms with E-state index in [0.29, 0.717) is 13.2 Å². The third-order valence-corrected chi connectivity index (χ3v) is 3.85. The first kappa shape index (κ1) is 17.2. The molecule has 0 radical (unpaired) electrons. The van der Waals surface area contributed by atoms with E-state index in [2.05, 4.69) is 5.32 Å². The number of hydrogen-bond donors (Lipinski definition) is 1. The van der Waals surface area contributed by atoms with Crippen molar-refractivity contribution in [2.45, 2.75) is 39.0 Å². The molecule has 0 bridgehead atoms. The smallest absolute Gasteiger partial charge is 0.245 e. The van der Waals surface area contributed by atoms with Gasteiger partial charge in [0.1, 0.15) is 6.04 Å². The number of benzene rings is 1. The van der Waals surface area contributed by atoms with Crippen LogP contribution in [0.15, 0.2) is 36.4 Å². The molecule has 2 amide bonds. The van der Waals surface area contributed by atoms with Gasteiger partial charge in [0.2, 0.25) is 11.8 Å². The molecule has 23 heavy (non-hydrogen) atoms. The predicted octanol–water partition coefficient (Wildman–Crippen LogP) is 1.84. The van der Waals surface area contributed by atoms with Crippen LogP contribution >= 0.6 is 0 Å². The normalized spacial score (nSPS) is 22.8. The molecular formula is C18H24N2O3. The van der Waals surface area contributed by atoms with Crippen molar-refractivity contribution in [3.05, 3.63) is 42.0 Å². The van der Waals surface area contributed by atoms with Crippen molar-refractivity contribution >= 4 is 17.9 Å². The summed E-state index contributed by atoms with van der Waals surface area (Å²) in [5.74, 6) is -0.349. The summed E-state index contributed by atoms with van der Waals surface area (Å²) in [6.07, 6.45) is 3.20. The molecule has 1 aliphatic rings. The van der Waals surface area contributed by atoms with Crippen LogP contribution in [0.25, 0.3) is 6.08 Å². The molecule has 0 spiro atoms. The first-order valence-electron chi connectivity index (χ1n) is 7.93. The zero-order chi connectivity index (χ0) is 16.8. The zero-order valence-corrected chi connectivity index (χ0v) is 13.9. The minimum Gasteiger partial charge on any atom is -0.375 e. The summed E-state index contributed by atoms with van der Waals surface area (Å²) in [6, 6.07) is 9.02. The van der Waals surface area contributed by atoms with E-state index in [-0.39, 0.29) is 24.0 Å². The predicted molar refractivity (Wildman–Crippen MR) is 89.7 cm³/mol. The van der Waals surface area contributed by atoms with Crippen LogP contribution in [0, 0.1) is 0 Å². The molecule has 1 aromatic carbocycles. The SMILES string of the molecule is C[C@@H]1CN(C(=O)[C@H](C)NC(=O)/C=C\c2ccccc2)[C@H](C)CO1. The number of ether oxygens (including phenoxy) is 1. The molecule has 5 heteroatoms. The Morgan fingerprint density at radius 2 is 2.00 bits per heavy atom. The third-order valence-electron chi connectivity index (χ3n) is 3.85. The van der Waals surface area contributed by atoms with E-state index < -0.39 is 6.04 Å². The van der Waals surface area contributed by atoms with Crippen LogP contribution in [-0.4, -0.2) is 48.1 Å². The molecule has 1 aromatic rings. The first-order chi connectivity index (χ1) is 11.0. The summed E-state index contributed by atoms with van der Waals surface area (Å²) in [5, 5.41) is 2.72. The van der Waals surface area contributed by atoms with E-state index in [0.717, 1.165) is 5.56 Å².